The number of hydroxylamine groups is 2. The Hall–Kier alpha value is -1.69. The minimum Gasteiger partial charge on any atom is -0.394 e. The lowest BCUT2D eigenvalue weighted by molar-refractivity contribution is -0.132. The van der Waals surface area contributed by atoms with Gasteiger partial charge in [-0.25, -0.2) is 9.45 Å². The summed E-state index contributed by atoms with van der Waals surface area (Å²) in [6.07, 6.45) is 0.297. The average molecular weight is 508 g/mol. The summed E-state index contributed by atoms with van der Waals surface area (Å²) in [4.78, 5) is 30.6. The van der Waals surface area contributed by atoms with Crippen LogP contribution in [0.15, 0.2) is 23.0 Å². The van der Waals surface area contributed by atoms with Gasteiger partial charge in [0.2, 0.25) is 0 Å². The predicted octanol–water partition coefficient (Wildman–Crippen LogP) is 2.45. The van der Waals surface area contributed by atoms with E-state index in [1.54, 1.807) is 6.07 Å². The highest BCUT2D eigenvalue weighted by molar-refractivity contribution is 14.1. The molecule has 27 heavy (non-hydrogen) atoms. The van der Waals surface area contributed by atoms with Crippen LogP contribution in [0.1, 0.15) is 15.9 Å². The molecule has 2 aromatic rings. The smallest absolute Gasteiger partial charge is 0.281 e. The maximum atomic E-state index is 14.3. The molecule has 1 aromatic heterocycles. The molecule has 2 heterocycles. The maximum Gasteiger partial charge on any atom is 0.281 e. The molecule has 10 heteroatoms. The van der Waals surface area contributed by atoms with E-state index in [0.717, 1.165) is 5.06 Å². The molecule has 0 saturated carbocycles. The number of fused-ring (bicyclic) bond motifs is 1. The zero-order chi connectivity index (χ0) is 19.7. The summed E-state index contributed by atoms with van der Waals surface area (Å²) in [6.45, 7) is -0.102. The summed E-state index contributed by atoms with van der Waals surface area (Å²) in [5.74, 6) is -0.910. The van der Waals surface area contributed by atoms with E-state index in [0.29, 0.717) is 15.6 Å². The van der Waals surface area contributed by atoms with Gasteiger partial charge in [-0.15, -0.1) is 0 Å². The van der Waals surface area contributed by atoms with Gasteiger partial charge in [-0.1, -0.05) is 11.6 Å². The van der Waals surface area contributed by atoms with E-state index in [-0.39, 0.29) is 41.8 Å². The Morgan fingerprint density at radius 1 is 1.41 bits per heavy atom. The Morgan fingerprint density at radius 2 is 2.15 bits per heavy atom. The molecule has 1 aliphatic heterocycles. The third kappa shape index (κ3) is 3.82. The van der Waals surface area contributed by atoms with Crippen molar-refractivity contribution in [2.45, 2.75) is 6.42 Å². The number of aliphatic hydroxyl groups is 1. The zero-order valence-corrected chi connectivity index (χ0v) is 17.2. The third-order valence-electron chi connectivity index (χ3n) is 4.16. The van der Waals surface area contributed by atoms with Crippen LogP contribution in [0.2, 0.25) is 5.02 Å². The van der Waals surface area contributed by atoms with Gasteiger partial charge in [0, 0.05) is 10.6 Å². The lowest BCUT2D eigenvalue weighted by Gasteiger charge is -2.30. The van der Waals surface area contributed by atoms with Crippen molar-refractivity contribution in [3.8, 4) is 0 Å². The molecule has 1 aliphatic rings. The van der Waals surface area contributed by atoms with Crippen molar-refractivity contribution < 1.29 is 19.1 Å². The van der Waals surface area contributed by atoms with Crippen molar-refractivity contribution >= 4 is 51.6 Å². The molecule has 0 atom stereocenters. The normalized spacial score (nSPS) is 13.7. The fourth-order valence-corrected chi connectivity index (χ4v) is 3.61. The van der Waals surface area contributed by atoms with E-state index in [1.807, 2.05) is 22.6 Å². The summed E-state index contributed by atoms with van der Waals surface area (Å²) in [5.41, 5.74) is 0.170. The Labute approximate surface area is 172 Å². The molecule has 0 fully saturated rings. The van der Waals surface area contributed by atoms with E-state index < -0.39 is 17.3 Å². The van der Waals surface area contributed by atoms with E-state index in [4.69, 9.17) is 21.5 Å². The number of carbonyl (C=O) groups excluding carboxylic acids is 1. The molecular formula is C17H16ClFIN3O4. The van der Waals surface area contributed by atoms with Crippen LogP contribution in [0.5, 0.6) is 0 Å². The Morgan fingerprint density at radius 3 is 2.81 bits per heavy atom. The molecule has 0 saturated heterocycles. The predicted molar refractivity (Wildman–Crippen MR) is 107 cm³/mol. The number of rotatable bonds is 5. The molecule has 7 nitrogen and oxygen atoms in total. The molecule has 2 N–H and O–H groups in total. The maximum absolute atomic E-state index is 14.3. The van der Waals surface area contributed by atoms with Crippen molar-refractivity contribution in [2.75, 3.05) is 25.1 Å². The molecule has 0 unspecified atom stereocenters. The Kier molecular flexibility index (Phi) is 6.04. The number of pyridine rings is 1. The van der Waals surface area contributed by atoms with Crippen LogP contribution in [-0.2, 0) is 18.3 Å². The number of halogens is 3. The highest BCUT2D eigenvalue weighted by atomic mass is 127. The number of nitrogens with zero attached hydrogens (tertiary/aromatic N) is 2. The molecule has 0 spiro atoms. The van der Waals surface area contributed by atoms with E-state index in [9.17, 15) is 14.0 Å². The van der Waals surface area contributed by atoms with Gasteiger partial charge in [0.05, 0.1) is 31.0 Å². The van der Waals surface area contributed by atoms with Crippen LogP contribution in [-0.4, -0.2) is 40.4 Å². The van der Waals surface area contributed by atoms with Gasteiger partial charge in [-0.2, -0.15) is 0 Å². The number of anilines is 2. The van der Waals surface area contributed by atoms with Gasteiger partial charge in [-0.3, -0.25) is 19.0 Å². The second-order valence-corrected chi connectivity index (χ2v) is 7.47. The zero-order valence-electron chi connectivity index (χ0n) is 14.3. The number of carbonyl (C=O) groups is 1. The lowest BCUT2D eigenvalue weighted by atomic mass is 10.0. The summed E-state index contributed by atoms with van der Waals surface area (Å²) in [6, 6.07) is 4.56. The van der Waals surface area contributed by atoms with Crippen LogP contribution in [0, 0.1) is 9.39 Å². The molecule has 144 valence electrons. The van der Waals surface area contributed by atoms with Gasteiger partial charge in [0.15, 0.2) is 0 Å². The number of aliphatic hydroxyl groups excluding tert-OH is 1. The molecule has 3 rings (SSSR count). The van der Waals surface area contributed by atoms with Crippen molar-refractivity contribution in [3.63, 3.8) is 0 Å². The average Bonchev–Trinajstić information content (AvgIpc) is 2.64. The summed E-state index contributed by atoms with van der Waals surface area (Å²) in [5, 5.41) is 12.8. The van der Waals surface area contributed by atoms with Crippen LogP contribution >= 0.6 is 34.2 Å². The number of hydrogen-bond acceptors (Lipinski definition) is 5. The molecular weight excluding hydrogens is 492 g/mol. The van der Waals surface area contributed by atoms with Gasteiger partial charge in [0.25, 0.3) is 11.5 Å². The fourth-order valence-electron chi connectivity index (χ4n) is 2.84. The van der Waals surface area contributed by atoms with Gasteiger partial charge in [-0.05, 0) is 52.8 Å². The SMILES string of the molecule is Cn1c(Nc2ccc(I)cc2F)c2c(c(Cl)c1=O)CCN(OCCO)C2=O. The molecule has 1 amide bonds. The first kappa shape index (κ1) is 20.1. The molecule has 0 radical (unpaired) electrons. The minimum absolute atomic E-state index is 0.0451. The summed E-state index contributed by atoms with van der Waals surface area (Å²) >= 11 is 8.16. The van der Waals surface area contributed by atoms with Crippen molar-refractivity contribution in [2.24, 2.45) is 7.05 Å². The van der Waals surface area contributed by atoms with Crippen molar-refractivity contribution in [1.29, 1.82) is 0 Å². The number of hydrogen-bond donors (Lipinski definition) is 2. The number of nitrogens with one attached hydrogen (secondary N) is 1. The highest BCUT2D eigenvalue weighted by Crippen LogP contribution is 2.32. The number of amides is 1. The Balaban J connectivity index is 2.12. The van der Waals surface area contributed by atoms with E-state index >= 15 is 0 Å². The van der Waals surface area contributed by atoms with Gasteiger partial charge < -0.3 is 10.4 Å². The summed E-state index contributed by atoms with van der Waals surface area (Å²) in [7, 11) is 1.45. The fraction of sp³-hybridized carbons (Fsp3) is 0.294. The standard InChI is InChI=1S/C17H16ClFIN3O4/c1-22-15(21-12-3-2-9(20)8-11(12)19)13-10(14(18)17(22)26)4-5-23(16(13)25)27-7-6-24/h2-3,8,21,24H,4-7H2,1H3. The summed E-state index contributed by atoms with van der Waals surface area (Å²) < 4.78 is 16.2. The Bertz CT molecular complexity index is 966. The van der Waals surface area contributed by atoms with Gasteiger partial charge >= 0.3 is 0 Å². The molecule has 0 bridgehead atoms. The van der Waals surface area contributed by atoms with Gasteiger partial charge in [0.1, 0.15) is 16.7 Å². The quantitative estimate of drug-likeness (QED) is 0.608. The topological polar surface area (TPSA) is 83.8 Å². The minimum atomic E-state index is -0.519. The monoisotopic (exact) mass is 507 g/mol. The van der Waals surface area contributed by atoms with Crippen LogP contribution in [0.3, 0.4) is 0 Å². The number of aromatic nitrogens is 1. The van der Waals surface area contributed by atoms with E-state index in [2.05, 4.69) is 5.32 Å². The highest BCUT2D eigenvalue weighted by Gasteiger charge is 2.33. The first-order valence-corrected chi connectivity index (χ1v) is 9.50. The molecule has 1 aromatic carbocycles. The number of benzene rings is 1. The van der Waals surface area contributed by atoms with Crippen molar-refractivity contribution in [3.05, 3.63) is 54.1 Å². The third-order valence-corrected chi connectivity index (χ3v) is 5.22. The van der Waals surface area contributed by atoms with Crippen LogP contribution in [0.25, 0.3) is 0 Å². The first-order valence-electron chi connectivity index (χ1n) is 8.04. The molecule has 0 aliphatic carbocycles. The van der Waals surface area contributed by atoms with Crippen molar-refractivity contribution in [1.82, 2.24) is 9.63 Å². The van der Waals surface area contributed by atoms with Crippen LogP contribution in [0.4, 0.5) is 15.9 Å². The van der Waals surface area contributed by atoms with E-state index in [1.165, 1.54) is 23.7 Å². The largest absolute Gasteiger partial charge is 0.394 e. The van der Waals surface area contributed by atoms with Crippen LogP contribution < -0.4 is 10.9 Å². The lowest BCUT2D eigenvalue weighted by Crippen LogP contribution is -2.41. The second-order valence-electron chi connectivity index (χ2n) is 5.84. The second kappa shape index (κ2) is 8.13. The first-order chi connectivity index (χ1) is 12.8.